The van der Waals surface area contributed by atoms with Crippen molar-refractivity contribution in [2.75, 3.05) is 5.32 Å². The number of anilines is 2. The van der Waals surface area contributed by atoms with Gasteiger partial charge in [-0.05, 0) is 59.8 Å². The number of hydrogen-bond donors (Lipinski definition) is 2. The number of rotatable bonds is 6. The van der Waals surface area contributed by atoms with Crippen molar-refractivity contribution >= 4 is 39.6 Å². The number of nitrogens with one attached hydrogen (secondary N) is 1. The summed E-state index contributed by atoms with van der Waals surface area (Å²) in [6.45, 7) is 5.83. The van der Waals surface area contributed by atoms with Crippen molar-refractivity contribution in [1.29, 1.82) is 0 Å². The van der Waals surface area contributed by atoms with Gasteiger partial charge >= 0.3 is 5.97 Å². The first-order chi connectivity index (χ1) is 14.0. The summed E-state index contributed by atoms with van der Waals surface area (Å²) < 4.78 is 0. The van der Waals surface area contributed by atoms with E-state index in [0.29, 0.717) is 12.2 Å². The fourth-order valence-electron chi connectivity index (χ4n) is 3.20. The lowest BCUT2D eigenvalue weighted by Gasteiger charge is -2.14. The molecule has 0 amide bonds. The molecular weight excluding hydrogens is 382 g/mol. The van der Waals surface area contributed by atoms with E-state index in [4.69, 9.17) is 4.98 Å². The van der Waals surface area contributed by atoms with E-state index < -0.39 is 5.97 Å². The molecule has 0 aliphatic rings. The molecule has 29 heavy (non-hydrogen) atoms. The highest BCUT2D eigenvalue weighted by Gasteiger charge is 2.13. The number of benzene rings is 2. The van der Waals surface area contributed by atoms with E-state index in [1.54, 1.807) is 23.5 Å². The largest absolute Gasteiger partial charge is 0.478 e. The molecule has 2 aromatic carbocycles. The first-order valence-corrected chi connectivity index (χ1v) is 9.99. The third kappa shape index (κ3) is 3.88. The SMILES string of the molecule is C=CCc1c(C)nc(-c2cccs2)nc1Nc1ccc2cc(C(=O)O)ccc2c1. The van der Waals surface area contributed by atoms with Gasteiger partial charge in [-0.15, -0.1) is 17.9 Å². The third-order valence-corrected chi connectivity index (χ3v) is 5.52. The van der Waals surface area contributed by atoms with E-state index in [2.05, 4.69) is 16.9 Å². The van der Waals surface area contributed by atoms with Crippen LogP contribution in [0.4, 0.5) is 11.5 Å². The number of nitrogens with zero attached hydrogens (tertiary/aromatic N) is 2. The number of allylic oxidation sites excluding steroid dienone is 1. The van der Waals surface area contributed by atoms with Gasteiger partial charge in [-0.2, -0.15) is 0 Å². The molecule has 0 unspecified atom stereocenters. The van der Waals surface area contributed by atoms with E-state index >= 15 is 0 Å². The lowest BCUT2D eigenvalue weighted by atomic mass is 10.1. The summed E-state index contributed by atoms with van der Waals surface area (Å²) in [5, 5.41) is 16.4. The zero-order valence-corrected chi connectivity index (χ0v) is 16.7. The maximum atomic E-state index is 11.2. The second-order valence-electron chi connectivity index (χ2n) is 6.64. The van der Waals surface area contributed by atoms with Crippen molar-refractivity contribution in [2.45, 2.75) is 13.3 Å². The highest BCUT2D eigenvalue weighted by Crippen LogP contribution is 2.29. The summed E-state index contributed by atoms with van der Waals surface area (Å²) in [5.74, 6) is 0.516. The molecule has 2 N–H and O–H groups in total. The molecule has 4 rings (SSSR count). The van der Waals surface area contributed by atoms with E-state index in [-0.39, 0.29) is 5.56 Å². The minimum absolute atomic E-state index is 0.276. The van der Waals surface area contributed by atoms with Crippen LogP contribution >= 0.6 is 11.3 Å². The van der Waals surface area contributed by atoms with Crippen molar-refractivity contribution in [3.63, 3.8) is 0 Å². The lowest BCUT2D eigenvalue weighted by molar-refractivity contribution is 0.0697. The Bertz CT molecular complexity index is 1220. The standard InChI is InChI=1S/C23H19N3O2S/c1-3-5-19-14(2)24-22(20-6-4-11-29-20)26-21(19)25-18-10-9-15-12-17(23(27)28)8-7-16(15)13-18/h3-4,6-13H,1,5H2,2H3,(H,27,28)(H,24,25,26). The van der Waals surface area contributed by atoms with Gasteiger partial charge in [-0.3, -0.25) is 0 Å². The number of hydrogen-bond acceptors (Lipinski definition) is 5. The second kappa shape index (κ2) is 7.85. The molecule has 0 saturated carbocycles. The summed E-state index contributed by atoms with van der Waals surface area (Å²) >= 11 is 1.60. The monoisotopic (exact) mass is 401 g/mol. The van der Waals surface area contributed by atoms with Gasteiger partial charge < -0.3 is 10.4 Å². The van der Waals surface area contributed by atoms with Crippen molar-refractivity contribution < 1.29 is 9.90 Å². The molecule has 6 heteroatoms. The fourth-order valence-corrected chi connectivity index (χ4v) is 3.85. The highest BCUT2D eigenvalue weighted by atomic mass is 32.1. The molecule has 2 heterocycles. The number of carboxylic acids is 1. The van der Waals surface area contributed by atoms with E-state index in [0.717, 1.165) is 38.4 Å². The topological polar surface area (TPSA) is 75.1 Å². The summed E-state index contributed by atoms with van der Waals surface area (Å²) in [6, 6.07) is 14.9. The molecule has 0 aliphatic heterocycles. The number of thiophene rings is 1. The molecule has 144 valence electrons. The van der Waals surface area contributed by atoms with Gasteiger partial charge in [0.2, 0.25) is 0 Å². The minimum atomic E-state index is -0.930. The van der Waals surface area contributed by atoms with Gasteiger partial charge in [0.25, 0.3) is 0 Å². The summed E-state index contributed by atoms with van der Waals surface area (Å²) in [4.78, 5) is 21.6. The Morgan fingerprint density at radius 1 is 1.17 bits per heavy atom. The Morgan fingerprint density at radius 3 is 2.69 bits per heavy atom. The summed E-state index contributed by atoms with van der Waals surface area (Å²) in [7, 11) is 0. The van der Waals surface area contributed by atoms with E-state index in [9.17, 15) is 9.90 Å². The number of aryl methyl sites for hydroxylation is 1. The van der Waals surface area contributed by atoms with Gasteiger partial charge in [0.1, 0.15) is 5.82 Å². The first-order valence-electron chi connectivity index (χ1n) is 9.11. The average molecular weight is 401 g/mol. The van der Waals surface area contributed by atoms with Crippen LogP contribution in [0.1, 0.15) is 21.6 Å². The quantitative estimate of drug-likeness (QED) is 0.397. The van der Waals surface area contributed by atoms with Crippen LogP contribution in [-0.4, -0.2) is 21.0 Å². The molecule has 0 saturated heterocycles. The fraction of sp³-hybridized carbons (Fsp3) is 0.0870. The molecule has 5 nitrogen and oxygen atoms in total. The Balaban J connectivity index is 1.75. The maximum absolute atomic E-state index is 11.2. The van der Waals surface area contributed by atoms with Crippen molar-refractivity contribution in [2.24, 2.45) is 0 Å². The highest BCUT2D eigenvalue weighted by molar-refractivity contribution is 7.13. The van der Waals surface area contributed by atoms with Crippen molar-refractivity contribution in [3.05, 3.63) is 83.4 Å². The number of aromatic carboxylic acids is 1. The predicted molar refractivity (Wildman–Crippen MR) is 118 cm³/mol. The second-order valence-corrected chi connectivity index (χ2v) is 7.58. The lowest BCUT2D eigenvalue weighted by Crippen LogP contribution is -2.05. The third-order valence-electron chi connectivity index (χ3n) is 4.65. The Kier molecular flexibility index (Phi) is 5.10. The molecule has 0 spiro atoms. The van der Waals surface area contributed by atoms with Gasteiger partial charge in [0.15, 0.2) is 5.82 Å². The number of carboxylic acid groups (broad SMARTS) is 1. The molecule has 0 bridgehead atoms. The molecular formula is C23H19N3O2S. The van der Waals surface area contributed by atoms with Crippen LogP contribution in [0.25, 0.3) is 21.5 Å². The predicted octanol–water partition coefficient (Wildman–Crippen LogP) is 5.84. The van der Waals surface area contributed by atoms with Crippen molar-refractivity contribution in [1.82, 2.24) is 9.97 Å². The van der Waals surface area contributed by atoms with Crippen LogP contribution in [0.5, 0.6) is 0 Å². The van der Waals surface area contributed by atoms with Crippen molar-refractivity contribution in [3.8, 4) is 10.7 Å². The molecule has 0 atom stereocenters. The summed E-state index contributed by atoms with van der Waals surface area (Å²) in [6.07, 6.45) is 2.50. The van der Waals surface area contributed by atoms with Gasteiger partial charge in [-0.25, -0.2) is 14.8 Å². The zero-order valence-electron chi connectivity index (χ0n) is 15.8. The Labute approximate surface area is 172 Å². The van der Waals surface area contributed by atoms with Crippen LogP contribution in [-0.2, 0) is 6.42 Å². The Morgan fingerprint density at radius 2 is 1.97 bits per heavy atom. The van der Waals surface area contributed by atoms with Crippen LogP contribution in [0, 0.1) is 6.92 Å². The van der Waals surface area contributed by atoms with Crippen LogP contribution in [0.15, 0.2) is 66.6 Å². The normalized spacial score (nSPS) is 10.8. The molecule has 0 aliphatic carbocycles. The van der Waals surface area contributed by atoms with Gasteiger partial charge in [0, 0.05) is 16.9 Å². The van der Waals surface area contributed by atoms with Gasteiger partial charge in [0.05, 0.1) is 10.4 Å². The average Bonchev–Trinajstić information content (AvgIpc) is 3.25. The van der Waals surface area contributed by atoms with Crippen LogP contribution in [0.2, 0.25) is 0 Å². The number of carbonyl (C=O) groups is 1. The Hall–Kier alpha value is -3.51. The van der Waals surface area contributed by atoms with E-state index in [1.807, 2.05) is 54.8 Å². The van der Waals surface area contributed by atoms with Crippen LogP contribution in [0.3, 0.4) is 0 Å². The summed E-state index contributed by atoms with van der Waals surface area (Å²) in [5.41, 5.74) is 3.07. The van der Waals surface area contributed by atoms with Crippen LogP contribution < -0.4 is 5.32 Å². The zero-order chi connectivity index (χ0) is 20.4. The number of fused-ring (bicyclic) bond motifs is 1. The minimum Gasteiger partial charge on any atom is -0.478 e. The molecule has 2 aromatic heterocycles. The van der Waals surface area contributed by atoms with Gasteiger partial charge in [-0.1, -0.05) is 24.3 Å². The molecule has 0 radical (unpaired) electrons. The first kappa shape index (κ1) is 18.8. The maximum Gasteiger partial charge on any atom is 0.335 e. The molecule has 4 aromatic rings. The number of aromatic nitrogens is 2. The smallest absolute Gasteiger partial charge is 0.335 e. The van der Waals surface area contributed by atoms with E-state index in [1.165, 1.54) is 0 Å². The molecule has 0 fully saturated rings.